The highest BCUT2D eigenvalue weighted by Gasteiger charge is 2.76. The van der Waals surface area contributed by atoms with Crippen LogP contribution in [0.5, 0.6) is 0 Å². The lowest BCUT2D eigenvalue weighted by molar-refractivity contribution is -0.143. The molecule has 0 aromatic carbocycles. The lowest BCUT2D eigenvalue weighted by Crippen LogP contribution is -2.57. The Hall–Kier alpha value is -0.800. The summed E-state index contributed by atoms with van der Waals surface area (Å²) >= 11 is 5.41. The van der Waals surface area contributed by atoms with Crippen LogP contribution in [-0.2, 0) is 14.4 Å². The Kier molecular flexibility index (Phi) is 8.58. The van der Waals surface area contributed by atoms with Gasteiger partial charge in [0.25, 0.3) is 0 Å². The Morgan fingerprint density at radius 1 is 1.22 bits per heavy atom. The van der Waals surface area contributed by atoms with Crippen LogP contribution < -0.4 is 10.6 Å². The van der Waals surface area contributed by atoms with Gasteiger partial charge in [0.15, 0.2) is 0 Å². The first kappa shape index (κ1) is 25.8. The number of halogens is 1. The molecule has 3 saturated heterocycles. The summed E-state index contributed by atoms with van der Waals surface area (Å²) in [5.74, 6) is -1.13. The number of likely N-dealkylation sites (tertiary alicyclic amines) is 1. The van der Waals surface area contributed by atoms with Crippen molar-refractivity contribution in [3.8, 4) is 0 Å². The minimum Gasteiger partial charge on any atom is -0.394 e. The molecule has 3 aliphatic rings. The van der Waals surface area contributed by atoms with Crippen molar-refractivity contribution >= 4 is 45.4 Å². The number of rotatable bonds is 11. The predicted octanol–water partition coefficient (Wildman–Crippen LogP) is 2.30. The maximum Gasteiger partial charge on any atom is 0.244 e. The topological polar surface area (TPSA) is 98.7 Å². The highest BCUT2D eigenvalue weighted by Crippen LogP contribution is 2.68. The zero-order chi connectivity index (χ0) is 23.6. The molecular weight excluding hydrogens is 494 g/mol. The number of aliphatic hydroxyl groups excluding tert-OH is 1. The average Bonchev–Trinajstić information content (AvgIpc) is 3.33. The molecule has 3 unspecified atom stereocenters. The number of carbonyl (C=O) groups excluding carboxylic acids is 3. The third kappa shape index (κ3) is 4.45. The van der Waals surface area contributed by atoms with Crippen molar-refractivity contribution in [1.82, 2.24) is 15.5 Å². The molecule has 7 atom stereocenters. The summed E-state index contributed by atoms with van der Waals surface area (Å²) < 4.78 is -0.648. The van der Waals surface area contributed by atoms with Gasteiger partial charge in [0.2, 0.25) is 17.7 Å². The minimum atomic E-state index is -0.674. The number of nitrogens with one attached hydrogen (secondary N) is 2. The SMILES string of the molecule is CCCCNC(=O)C1N([C@@H](CO)CC(C)C)C(=O)[C@@H]2[C@@H](C(=O)NCCC)[C@@H]3SC12CC3Br. The number of hydrogen-bond donors (Lipinski definition) is 3. The van der Waals surface area contributed by atoms with Crippen molar-refractivity contribution in [3.05, 3.63) is 0 Å². The van der Waals surface area contributed by atoms with Crippen molar-refractivity contribution in [3.63, 3.8) is 0 Å². The molecule has 32 heavy (non-hydrogen) atoms. The van der Waals surface area contributed by atoms with Crippen LogP contribution >= 0.6 is 27.7 Å². The van der Waals surface area contributed by atoms with Crippen molar-refractivity contribution < 1.29 is 19.5 Å². The molecule has 0 radical (unpaired) electrons. The molecule has 0 aromatic rings. The fourth-order valence-electron chi connectivity index (χ4n) is 5.73. The third-order valence-electron chi connectivity index (χ3n) is 7.00. The van der Waals surface area contributed by atoms with Gasteiger partial charge in [-0.3, -0.25) is 14.4 Å². The Balaban J connectivity index is 2.01. The van der Waals surface area contributed by atoms with Gasteiger partial charge in [0, 0.05) is 23.2 Å². The van der Waals surface area contributed by atoms with Gasteiger partial charge >= 0.3 is 0 Å². The highest BCUT2D eigenvalue weighted by molar-refractivity contribution is 9.09. The molecule has 3 N–H and O–H groups in total. The van der Waals surface area contributed by atoms with Crippen molar-refractivity contribution in [1.29, 1.82) is 0 Å². The molecular formula is C23H38BrN3O4S. The van der Waals surface area contributed by atoms with Crippen molar-refractivity contribution in [2.75, 3.05) is 19.7 Å². The normalized spacial score (nSPS) is 34.2. The molecule has 7 nitrogen and oxygen atoms in total. The van der Waals surface area contributed by atoms with Crippen LogP contribution in [0, 0.1) is 17.8 Å². The largest absolute Gasteiger partial charge is 0.394 e. The number of carbonyl (C=O) groups is 3. The number of unbranched alkanes of at least 4 members (excludes halogenated alkanes) is 1. The van der Waals surface area contributed by atoms with Gasteiger partial charge in [0.05, 0.1) is 29.2 Å². The molecule has 0 saturated carbocycles. The third-order valence-corrected chi connectivity index (χ3v) is 10.2. The first-order valence-corrected chi connectivity index (χ1v) is 13.8. The quantitative estimate of drug-likeness (QED) is 0.280. The lowest BCUT2D eigenvalue weighted by atomic mass is 9.70. The van der Waals surface area contributed by atoms with Gasteiger partial charge < -0.3 is 20.6 Å². The molecule has 3 heterocycles. The Morgan fingerprint density at radius 2 is 1.91 bits per heavy atom. The lowest BCUT2D eigenvalue weighted by Gasteiger charge is -2.37. The van der Waals surface area contributed by atoms with E-state index in [0.29, 0.717) is 25.9 Å². The van der Waals surface area contributed by atoms with E-state index in [9.17, 15) is 19.5 Å². The number of alkyl halides is 1. The zero-order valence-corrected chi connectivity index (χ0v) is 22.0. The van der Waals surface area contributed by atoms with E-state index in [1.165, 1.54) is 0 Å². The number of nitrogens with zero attached hydrogens (tertiary/aromatic N) is 1. The number of thioether (sulfide) groups is 1. The standard InChI is InChI=1S/C23H38BrN3O4S/c1-5-7-9-26-21(30)19-23-11-15(24)18(32-23)16(20(29)25-8-6-2)17(23)22(31)27(19)14(12-28)10-13(3)4/h13-19,28H,5-12H2,1-4H3,(H,25,29)(H,26,30)/t14-,15?,16-,17+,18-,19?,23?/m1/s1. The van der Waals surface area contributed by atoms with Crippen LogP contribution in [0.3, 0.4) is 0 Å². The fraction of sp³-hybridized carbons (Fsp3) is 0.870. The molecule has 3 rings (SSSR count). The summed E-state index contributed by atoms with van der Waals surface area (Å²) in [5.41, 5.74) is 0. The summed E-state index contributed by atoms with van der Waals surface area (Å²) in [5, 5.41) is 16.2. The monoisotopic (exact) mass is 531 g/mol. The highest BCUT2D eigenvalue weighted by atomic mass is 79.9. The van der Waals surface area contributed by atoms with Gasteiger partial charge in [-0.25, -0.2) is 0 Å². The van der Waals surface area contributed by atoms with E-state index in [4.69, 9.17) is 0 Å². The van der Waals surface area contributed by atoms with Gasteiger partial charge in [-0.2, -0.15) is 0 Å². The first-order valence-electron chi connectivity index (χ1n) is 12.0. The molecule has 0 aliphatic carbocycles. The number of amides is 3. The van der Waals surface area contributed by atoms with E-state index in [-0.39, 0.29) is 40.3 Å². The first-order chi connectivity index (χ1) is 15.2. The maximum absolute atomic E-state index is 13.9. The smallest absolute Gasteiger partial charge is 0.244 e. The number of aliphatic hydroxyl groups is 1. The summed E-state index contributed by atoms with van der Waals surface area (Å²) in [7, 11) is 0. The van der Waals surface area contributed by atoms with Crippen LogP contribution in [0.4, 0.5) is 0 Å². The van der Waals surface area contributed by atoms with Crippen LogP contribution in [-0.4, -0.2) is 74.3 Å². The van der Waals surface area contributed by atoms with Crippen LogP contribution in [0.15, 0.2) is 0 Å². The molecule has 3 fully saturated rings. The summed E-state index contributed by atoms with van der Waals surface area (Å²) in [6.45, 7) is 9.12. The second kappa shape index (κ2) is 10.6. The summed E-state index contributed by atoms with van der Waals surface area (Å²) in [6.07, 6.45) is 3.94. The Morgan fingerprint density at radius 3 is 2.50 bits per heavy atom. The zero-order valence-electron chi connectivity index (χ0n) is 19.6. The van der Waals surface area contributed by atoms with E-state index in [2.05, 4.69) is 47.3 Å². The van der Waals surface area contributed by atoms with E-state index in [1.807, 2.05) is 6.92 Å². The fourth-order valence-corrected chi connectivity index (χ4v) is 9.33. The molecule has 3 aliphatic heterocycles. The minimum absolute atomic E-state index is 0.0356. The molecule has 1 spiro atoms. The molecule has 3 amide bonds. The average molecular weight is 533 g/mol. The number of hydrogen-bond acceptors (Lipinski definition) is 5. The van der Waals surface area contributed by atoms with Crippen LogP contribution in [0.25, 0.3) is 0 Å². The van der Waals surface area contributed by atoms with Gasteiger partial charge in [-0.15, -0.1) is 11.8 Å². The Bertz CT molecular complexity index is 723. The number of fused-ring (bicyclic) bond motifs is 1. The van der Waals surface area contributed by atoms with E-state index in [0.717, 1.165) is 19.3 Å². The molecule has 182 valence electrons. The Labute approximate surface area is 204 Å². The maximum atomic E-state index is 13.9. The van der Waals surface area contributed by atoms with Gasteiger partial charge in [-0.05, 0) is 31.6 Å². The molecule has 2 bridgehead atoms. The van der Waals surface area contributed by atoms with Crippen LogP contribution in [0.2, 0.25) is 0 Å². The summed E-state index contributed by atoms with van der Waals surface area (Å²) in [4.78, 5) is 42.4. The van der Waals surface area contributed by atoms with Gasteiger partial charge in [-0.1, -0.05) is 50.0 Å². The molecule has 9 heteroatoms. The van der Waals surface area contributed by atoms with Crippen molar-refractivity contribution in [2.24, 2.45) is 17.8 Å². The van der Waals surface area contributed by atoms with Gasteiger partial charge in [0.1, 0.15) is 6.04 Å². The van der Waals surface area contributed by atoms with E-state index >= 15 is 0 Å². The molecule has 0 aromatic heterocycles. The second-order valence-corrected chi connectivity index (χ2v) is 12.5. The predicted molar refractivity (Wildman–Crippen MR) is 131 cm³/mol. The van der Waals surface area contributed by atoms with Crippen molar-refractivity contribution in [2.45, 2.75) is 86.7 Å². The second-order valence-electron chi connectivity index (χ2n) is 9.81. The van der Waals surface area contributed by atoms with Crippen LogP contribution in [0.1, 0.15) is 59.8 Å². The van der Waals surface area contributed by atoms with E-state index in [1.54, 1.807) is 16.7 Å². The van der Waals surface area contributed by atoms with E-state index < -0.39 is 28.7 Å². The summed E-state index contributed by atoms with van der Waals surface area (Å²) in [6, 6.07) is -1.11.